The van der Waals surface area contributed by atoms with Crippen LogP contribution in [-0.4, -0.2) is 37.9 Å². The molecule has 0 aliphatic rings. The Kier molecular flexibility index (Phi) is 60.4. The van der Waals surface area contributed by atoms with Crippen LogP contribution in [0.15, 0.2) is 122 Å². The number of hydrogen-bond acceptors (Lipinski definition) is 5. The van der Waals surface area contributed by atoms with Crippen molar-refractivity contribution in [3.63, 3.8) is 0 Å². The minimum absolute atomic E-state index is 0.0601. The van der Waals surface area contributed by atoms with Crippen molar-refractivity contribution >= 4 is 11.9 Å². The summed E-state index contributed by atoms with van der Waals surface area (Å²) >= 11 is 0. The van der Waals surface area contributed by atoms with E-state index in [1.807, 2.05) is 0 Å². The average Bonchev–Trinajstić information content (AvgIpc) is 3.40. The van der Waals surface area contributed by atoms with E-state index < -0.39 is 6.10 Å². The van der Waals surface area contributed by atoms with Crippen LogP contribution in [0.2, 0.25) is 0 Å². The maximum Gasteiger partial charge on any atom is 0.306 e. The molecule has 0 aromatic carbocycles. The predicted octanol–water partition coefficient (Wildman–Crippen LogP) is 21.7. The van der Waals surface area contributed by atoms with Crippen molar-refractivity contribution in [1.82, 2.24) is 0 Å². The lowest BCUT2D eigenvalue weighted by Gasteiger charge is -2.18. The normalized spacial score (nSPS) is 13.1. The molecule has 1 unspecified atom stereocenters. The number of carbonyl (C=O) groups excluding carboxylic acids is 2. The SMILES string of the molecule is CC/C=C\C/C=C\C/C=C\C/C=C\C/C=C\CCCCCCOCC(COC(=O)CCCCCCCC/C=C\C/C=C\C/C=C\C/C=C\CC)OC(=O)CCCCCCCCCCC/C=C\CCCCCCCC. The van der Waals surface area contributed by atoms with Gasteiger partial charge in [0.25, 0.3) is 0 Å². The largest absolute Gasteiger partial charge is 0.462 e. The monoisotopic (exact) mass is 1020 g/mol. The molecule has 0 fully saturated rings. The Labute approximate surface area is 458 Å². The van der Waals surface area contributed by atoms with Gasteiger partial charge in [-0.15, -0.1) is 0 Å². The van der Waals surface area contributed by atoms with Crippen LogP contribution in [0.1, 0.15) is 278 Å². The zero-order valence-corrected chi connectivity index (χ0v) is 48.6. The summed E-state index contributed by atoms with van der Waals surface area (Å²) in [6.07, 6.45) is 89.4. The molecule has 0 aromatic rings. The summed E-state index contributed by atoms with van der Waals surface area (Å²) in [6.45, 7) is 7.54. The van der Waals surface area contributed by atoms with Gasteiger partial charge in [0.05, 0.1) is 6.61 Å². The molecule has 1 atom stereocenters. The fraction of sp³-hybridized carbons (Fsp3) is 0.681. The first-order chi connectivity index (χ1) is 36.6. The molecule has 0 radical (unpaired) electrons. The summed E-state index contributed by atoms with van der Waals surface area (Å²) in [4.78, 5) is 25.6. The Morgan fingerprint density at radius 3 is 0.986 bits per heavy atom. The summed E-state index contributed by atoms with van der Waals surface area (Å²) < 4.78 is 17.5. The summed E-state index contributed by atoms with van der Waals surface area (Å²) in [6, 6.07) is 0. The van der Waals surface area contributed by atoms with Gasteiger partial charge in [-0.05, 0) is 128 Å². The van der Waals surface area contributed by atoms with Crippen LogP contribution in [0, 0.1) is 0 Å². The second kappa shape index (κ2) is 63.6. The highest BCUT2D eigenvalue weighted by molar-refractivity contribution is 5.70. The first kappa shape index (κ1) is 70.3. The number of carbonyl (C=O) groups is 2. The fourth-order valence-electron chi connectivity index (χ4n) is 8.41. The number of allylic oxidation sites excluding steroid dienone is 20. The zero-order chi connectivity index (χ0) is 53.4. The molecule has 0 spiro atoms. The second-order valence-corrected chi connectivity index (χ2v) is 20.2. The summed E-state index contributed by atoms with van der Waals surface area (Å²) in [5.74, 6) is -0.429. The Morgan fingerprint density at radius 1 is 0.311 bits per heavy atom. The van der Waals surface area contributed by atoms with Crippen LogP contribution >= 0.6 is 0 Å². The fourth-order valence-corrected chi connectivity index (χ4v) is 8.41. The standard InChI is InChI=1S/C69H116O5/c1-4-7-10-13-16-19-22-25-28-31-34-37-40-43-46-49-52-55-58-61-64-72-65-67(74-69(71)63-60-57-54-51-48-45-42-39-36-33-30-27-24-21-18-15-12-9-6-3)66-73-68(70)62-59-56-53-50-47-44-41-38-35-32-29-26-23-20-17-14-11-8-5-2/h7-8,10-11,16-17,19-20,25-30,34-35,37-38,43,46,67H,4-6,9,12-15,18,21-24,31-33,36,39-42,44-45,47-66H2,1-3H3/b10-7-,11-8-,19-16-,20-17-,28-25-,29-26-,30-27-,37-34-,38-35-,46-43-. The third-order valence-corrected chi connectivity index (χ3v) is 13.0. The van der Waals surface area contributed by atoms with E-state index in [2.05, 4.69) is 142 Å². The molecule has 0 heterocycles. The Balaban J connectivity index is 4.38. The molecule has 0 saturated carbocycles. The van der Waals surface area contributed by atoms with E-state index >= 15 is 0 Å². The maximum atomic E-state index is 12.9. The molecule has 422 valence electrons. The highest BCUT2D eigenvalue weighted by atomic mass is 16.6. The first-order valence-electron chi connectivity index (χ1n) is 31.1. The van der Waals surface area contributed by atoms with Crippen molar-refractivity contribution < 1.29 is 23.8 Å². The van der Waals surface area contributed by atoms with Gasteiger partial charge in [0.2, 0.25) is 0 Å². The molecule has 74 heavy (non-hydrogen) atoms. The van der Waals surface area contributed by atoms with E-state index in [0.717, 1.165) is 128 Å². The zero-order valence-electron chi connectivity index (χ0n) is 48.6. The van der Waals surface area contributed by atoms with E-state index in [9.17, 15) is 9.59 Å². The van der Waals surface area contributed by atoms with Crippen molar-refractivity contribution in [2.75, 3.05) is 19.8 Å². The van der Waals surface area contributed by atoms with E-state index in [1.165, 1.54) is 116 Å². The Morgan fingerprint density at radius 2 is 0.608 bits per heavy atom. The lowest BCUT2D eigenvalue weighted by molar-refractivity contribution is -0.163. The number of ether oxygens (including phenoxy) is 3. The summed E-state index contributed by atoms with van der Waals surface area (Å²) in [5.41, 5.74) is 0. The van der Waals surface area contributed by atoms with E-state index in [4.69, 9.17) is 14.2 Å². The highest BCUT2D eigenvalue weighted by Crippen LogP contribution is 2.15. The molecule has 0 amide bonds. The van der Waals surface area contributed by atoms with Crippen molar-refractivity contribution in [2.24, 2.45) is 0 Å². The maximum absolute atomic E-state index is 12.9. The minimum Gasteiger partial charge on any atom is -0.462 e. The van der Waals surface area contributed by atoms with Crippen molar-refractivity contribution in [3.8, 4) is 0 Å². The Hall–Kier alpha value is -3.70. The van der Waals surface area contributed by atoms with Crippen LogP contribution in [0.3, 0.4) is 0 Å². The quantitative estimate of drug-likeness (QED) is 0.0345. The van der Waals surface area contributed by atoms with E-state index in [1.54, 1.807) is 0 Å². The molecule has 0 N–H and O–H groups in total. The molecular weight excluding hydrogens is 909 g/mol. The lowest BCUT2D eigenvalue weighted by atomic mass is 10.1. The van der Waals surface area contributed by atoms with Gasteiger partial charge in [-0.3, -0.25) is 9.59 Å². The van der Waals surface area contributed by atoms with Crippen LogP contribution < -0.4 is 0 Å². The van der Waals surface area contributed by atoms with Crippen molar-refractivity contribution in [2.45, 2.75) is 284 Å². The molecule has 0 aromatic heterocycles. The summed E-state index contributed by atoms with van der Waals surface area (Å²) in [7, 11) is 0. The second-order valence-electron chi connectivity index (χ2n) is 20.2. The smallest absolute Gasteiger partial charge is 0.306 e. The first-order valence-corrected chi connectivity index (χ1v) is 31.1. The molecule has 5 heteroatoms. The molecular formula is C69H116O5. The van der Waals surface area contributed by atoms with Crippen LogP contribution in [-0.2, 0) is 23.8 Å². The predicted molar refractivity (Wildman–Crippen MR) is 325 cm³/mol. The average molecular weight is 1030 g/mol. The molecule has 0 aliphatic heterocycles. The van der Waals surface area contributed by atoms with Gasteiger partial charge in [0.15, 0.2) is 6.10 Å². The van der Waals surface area contributed by atoms with Gasteiger partial charge in [-0.2, -0.15) is 0 Å². The molecule has 0 bridgehead atoms. The van der Waals surface area contributed by atoms with Crippen LogP contribution in [0.5, 0.6) is 0 Å². The van der Waals surface area contributed by atoms with Gasteiger partial charge in [-0.25, -0.2) is 0 Å². The minimum atomic E-state index is -0.567. The van der Waals surface area contributed by atoms with E-state index in [0.29, 0.717) is 19.4 Å². The highest BCUT2D eigenvalue weighted by Gasteiger charge is 2.17. The van der Waals surface area contributed by atoms with Gasteiger partial charge < -0.3 is 14.2 Å². The van der Waals surface area contributed by atoms with Gasteiger partial charge in [0, 0.05) is 19.4 Å². The molecule has 0 aliphatic carbocycles. The third-order valence-electron chi connectivity index (χ3n) is 13.0. The number of hydrogen-bond donors (Lipinski definition) is 0. The number of esters is 2. The molecule has 0 saturated heterocycles. The summed E-state index contributed by atoms with van der Waals surface area (Å²) in [5, 5.41) is 0. The Bertz CT molecular complexity index is 1490. The van der Waals surface area contributed by atoms with Gasteiger partial charge in [0.1, 0.15) is 6.61 Å². The third kappa shape index (κ3) is 60.9. The van der Waals surface area contributed by atoms with Crippen LogP contribution in [0.4, 0.5) is 0 Å². The van der Waals surface area contributed by atoms with E-state index in [-0.39, 0.29) is 25.2 Å². The molecule has 0 rings (SSSR count). The van der Waals surface area contributed by atoms with Crippen molar-refractivity contribution in [3.05, 3.63) is 122 Å². The molecule has 5 nitrogen and oxygen atoms in total. The van der Waals surface area contributed by atoms with Crippen LogP contribution in [0.25, 0.3) is 0 Å². The van der Waals surface area contributed by atoms with Gasteiger partial charge >= 0.3 is 11.9 Å². The number of rotatable bonds is 56. The topological polar surface area (TPSA) is 61.8 Å². The lowest BCUT2D eigenvalue weighted by Crippen LogP contribution is -2.30. The number of unbranched alkanes of at least 4 members (excludes halogenated alkanes) is 25. The van der Waals surface area contributed by atoms with Crippen molar-refractivity contribution in [1.29, 1.82) is 0 Å². The van der Waals surface area contributed by atoms with Gasteiger partial charge in [-0.1, -0.05) is 258 Å².